The Kier molecular flexibility index (Phi) is 12.2. The van der Waals surface area contributed by atoms with Gasteiger partial charge in [0.1, 0.15) is 0 Å². The van der Waals surface area contributed by atoms with Gasteiger partial charge in [0.15, 0.2) is 17.5 Å². The van der Waals surface area contributed by atoms with Gasteiger partial charge in [-0.15, -0.1) is 24.0 Å². The van der Waals surface area contributed by atoms with Crippen LogP contribution in [0.4, 0.5) is 0 Å². The lowest BCUT2D eigenvalue weighted by atomic mass is 10.1. The van der Waals surface area contributed by atoms with Gasteiger partial charge >= 0.3 is 0 Å². The van der Waals surface area contributed by atoms with E-state index >= 15 is 0 Å². The summed E-state index contributed by atoms with van der Waals surface area (Å²) in [4.78, 5) is 4.24. The Hall–Kier alpha value is -1.38. The van der Waals surface area contributed by atoms with Crippen molar-refractivity contribution in [2.75, 3.05) is 41.5 Å². The predicted octanol–water partition coefficient (Wildman–Crippen LogP) is 3.08. The van der Waals surface area contributed by atoms with E-state index in [2.05, 4.69) is 29.5 Å². The molecule has 0 aliphatic carbocycles. The van der Waals surface area contributed by atoms with E-state index in [0.29, 0.717) is 23.2 Å². The van der Waals surface area contributed by atoms with Crippen LogP contribution in [-0.4, -0.2) is 47.4 Å². The number of rotatable bonds is 9. The van der Waals surface area contributed by atoms with Gasteiger partial charge in [-0.25, -0.2) is 0 Å². The van der Waals surface area contributed by atoms with Gasteiger partial charge in [0, 0.05) is 25.7 Å². The van der Waals surface area contributed by atoms with Gasteiger partial charge < -0.3 is 24.8 Å². The van der Waals surface area contributed by atoms with Crippen LogP contribution in [0.1, 0.15) is 25.8 Å². The molecule has 0 aliphatic heterocycles. The summed E-state index contributed by atoms with van der Waals surface area (Å²) in [7, 11) is 6.65. The average Bonchev–Trinajstić information content (AvgIpc) is 2.59. The zero-order chi connectivity index (χ0) is 17.9. The number of benzene rings is 1. The second-order valence-electron chi connectivity index (χ2n) is 5.85. The number of halogens is 1. The Balaban J connectivity index is 0.00000576. The van der Waals surface area contributed by atoms with Crippen LogP contribution < -0.4 is 24.8 Å². The Labute approximate surface area is 168 Å². The molecule has 25 heavy (non-hydrogen) atoms. The topological polar surface area (TPSA) is 64.1 Å². The van der Waals surface area contributed by atoms with E-state index in [4.69, 9.17) is 14.2 Å². The molecule has 144 valence electrons. The molecule has 1 rings (SSSR count). The molecule has 0 heterocycles. The first-order chi connectivity index (χ1) is 11.6. The Morgan fingerprint density at radius 2 is 1.64 bits per heavy atom. The van der Waals surface area contributed by atoms with E-state index in [0.717, 1.165) is 37.5 Å². The molecule has 7 heteroatoms. The monoisotopic (exact) mass is 465 g/mol. The summed E-state index contributed by atoms with van der Waals surface area (Å²) < 4.78 is 16.2. The van der Waals surface area contributed by atoms with Gasteiger partial charge in [0.05, 0.1) is 21.3 Å². The molecule has 1 aromatic rings. The van der Waals surface area contributed by atoms with Crippen LogP contribution in [0.25, 0.3) is 0 Å². The molecule has 2 N–H and O–H groups in total. The van der Waals surface area contributed by atoms with E-state index in [1.807, 2.05) is 12.1 Å². The third-order valence-corrected chi connectivity index (χ3v) is 3.71. The van der Waals surface area contributed by atoms with Crippen molar-refractivity contribution in [1.29, 1.82) is 0 Å². The van der Waals surface area contributed by atoms with Crippen LogP contribution in [0.5, 0.6) is 17.2 Å². The molecule has 0 amide bonds. The van der Waals surface area contributed by atoms with Crippen LogP contribution in [0.2, 0.25) is 0 Å². The van der Waals surface area contributed by atoms with Crippen molar-refractivity contribution < 1.29 is 14.2 Å². The molecule has 0 aliphatic rings. The zero-order valence-electron chi connectivity index (χ0n) is 16.1. The first kappa shape index (κ1) is 23.6. The highest BCUT2D eigenvalue weighted by Gasteiger charge is 2.15. The van der Waals surface area contributed by atoms with Gasteiger partial charge in [-0.2, -0.15) is 0 Å². The summed E-state index contributed by atoms with van der Waals surface area (Å²) >= 11 is 0. The first-order valence-corrected chi connectivity index (χ1v) is 8.29. The minimum absolute atomic E-state index is 0. The van der Waals surface area contributed by atoms with Gasteiger partial charge in [0.25, 0.3) is 0 Å². The minimum atomic E-state index is 0. The fraction of sp³-hybridized carbons (Fsp3) is 0.611. The minimum Gasteiger partial charge on any atom is -0.493 e. The maximum atomic E-state index is 5.51. The Bertz CT molecular complexity index is 537. The smallest absolute Gasteiger partial charge is 0.203 e. The fourth-order valence-electron chi connectivity index (χ4n) is 2.38. The predicted molar refractivity (Wildman–Crippen MR) is 114 cm³/mol. The van der Waals surface area contributed by atoms with Crippen LogP contribution in [0, 0.1) is 5.92 Å². The van der Waals surface area contributed by atoms with Crippen molar-refractivity contribution in [3.8, 4) is 17.2 Å². The van der Waals surface area contributed by atoms with E-state index in [1.165, 1.54) is 0 Å². The van der Waals surface area contributed by atoms with Gasteiger partial charge in [-0.05, 0) is 24.8 Å². The lowest BCUT2D eigenvalue weighted by molar-refractivity contribution is 0.322. The summed E-state index contributed by atoms with van der Waals surface area (Å²) in [5.74, 6) is 3.48. The summed E-state index contributed by atoms with van der Waals surface area (Å²) in [6.45, 7) is 6.08. The molecule has 0 bridgehead atoms. The number of nitrogens with one attached hydrogen (secondary N) is 2. The standard InChI is InChI=1S/C18H31N3O3.HI/c1-13(2)9-11-20-18(19-3)21-12-10-14-7-8-15(22-4)17(24-6)16(14)23-5;/h7-8,13H,9-12H2,1-6H3,(H2,19,20,21);1H. The number of guanidine groups is 1. The summed E-state index contributed by atoms with van der Waals surface area (Å²) in [6.07, 6.45) is 1.90. The van der Waals surface area contributed by atoms with Crippen LogP contribution in [0.15, 0.2) is 17.1 Å². The molecule has 0 fully saturated rings. The number of aliphatic imine (C=N–C) groups is 1. The third-order valence-electron chi connectivity index (χ3n) is 3.71. The molecule has 0 saturated carbocycles. The fourth-order valence-corrected chi connectivity index (χ4v) is 2.38. The van der Waals surface area contributed by atoms with E-state index < -0.39 is 0 Å². The molecule has 0 spiro atoms. The second-order valence-corrected chi connectivity index (χ2v) is 5.85. The molecule has 1 aromatic carbocycles. The number of nitrogens with zero attached hydrogens (tertiary/aromatic N) is 1. The lowest BCUT2D eigenvalue weighted by Gasteiger charge is -2.17. The molecule has 6 nitrogen and oxygen atoms in total. The summed E-state index contributed by atoms with van der Waals surface area (Å²) in [5, 5.41) is 6.64. The molecular formula is C18H32IN3O3. The highest BCUT2D eigenvalue weighted by molar-refractivity contribution is 14.0. The van der Waals surface area contributed by atoms with Crippen molar-refractivity contribution >= 4 is 29.9 Å². The van der Waals surface area contributed by atoms with Crippen molar-refractivity contribution in [3.05, 3.63) is 17.7 Å². The van der Waals surface area contributed by atoms with Crippen molar-refractivity contribution in [1.82, 2.24) is 10.6 Å². The Morgan fingerprint density at radius 1 is 1.00 bits per heavy atom. The maximum absolute atomic E-state index is 5.51. The molecule has 0 unspecified atom stereocenters. The van der Waals surface area contributed by atoms with Crippen molar-refractivity contribution in [2.24, 2.45) is 10.9 Å². The Morgan fingerprint density at radius 3 is 2.16 bits per heavy atom. The normalized spacial score (nSPS) is 10.9. The number of hydrogen-bond acceptors (Lipinski definition) is 4. The summed E-state index contributed by atoms with van der Waals surface area (Å²) in [6, 6.07) is 3.89. The highest BCUT2D eigenvalue weighted by Crippen LogP contribution is 2.39. The van der Waals surface area contributed by atoms with E-state index in [1.54, 1.807) is 28.4 Å². The maximum Gasteiger partial charge on any atom is 0.203 e. The van der Waals surface area contributed by atoms with Crippen LogP contribution in [0.3, 0.4) is 0 Å². The van der Waals surface area contributed by atoms with Gasteiger partial charge in [-0.1, -0.05) is 19.9 Å². The summed E-state index contributed by atoms with van der Waals surface area (Å²) in [5.41, 5.74) is 1.06. The average molecular weight is 465 g/mol. The lowest BCUT2D eigenvalue weighted by Crippen LogP contribution is -2.39. The quantitative estimate of drug-likeness (QED) is 0.334. The van der Waals surface area contributed by atoms with Crippen molar-refractivity contribution in [2.45, 2.75) is 26.7 Å². The van der Waals surface area contributed by atoms with Crippen LogP contribution in [-0.2, 0) is 6.42 Å². The van der Waals surface area contributed by atoms with Gasteiger partial charge in [-0.3, -0.25) is 4.99 Å². The molecule has 0 saturated heterocycles. The number of ether oxygens (including phenoxy) is 3. The van der Waals surface area contributed by atoms with E-state index in [9.17, 15) is 0 Å². The SMILES string of the molecule is CN=C(NCCc1ccc(OC)c(OC)c1OC)NCCC(C)C.I. The number of hydrogen-bond donors (Lipinski definition) is 2. The molecular weight excluding hydrogens is 433 g/mol. The molecule has 0 atom stereocenters. The van der Waals surface area contributed by atoms with Gasteiger partial charge in [0.2, 0.25) is 5.75 Å². The largest absolute Gasteiger partial charge is 0.493 e. The highest BCUT2D eigenvalue weighted by atomic mass is 127. The van der Waals surface area contributed by atoms with Crippen molar-refractivity contribution in [3.63, 3.8) is 0 Å². The van der Waals surface area contributed by atoms with Crippen LogP contribution >= 0.6 is 24.0 Å². The first-order valence-electron chi connectivity index (χ1n) is 8.29. The third kappa shape index (κ3) is 7.58. The zero-order valence-corrected chi connectivity index (χ0v) is 18.5. The molecule has 0 aromatic heterocycles. The van der Waals surface area contributed by atoms with E-state index in [-0.39, 0.29) is 24.0 Å². The number of methoxy groups -OCH3 is 3. The second kappa shape index (κ2) is 12.9. The molecule has 0 radical (unpaired) electrons.